The summed E-state index contributed by atoms with van der Waals surface area (Å²) >= 11 is 5.98. The van der Waals surface area contributed by atoms with E-state index in [1.165, 1.54) is 7.11 Å². The van der Waals surface area contributed by atoms with Crippen LogP contribution in [-0.2, 0) is 9.53 Å². The predicted molar refractivity (Wildman–Crippen MR) is 56.5 cm³/mol. The number of hydrogen-bond donors (Lipinski definition) is 1. The SMILES string of the molecule is COC(=O)[C@H](N)c1cc2c(cc1Cl)OCO2. The van der Waals surface area contributed by atoms with Crippen molar-refractivity contribution in [3.8, 4) is 11.5 Å². The maximum atomic E-state index is 11.3. The van der Waals surface area contributed by atoms with Gasteiger partial charge in [-0.05, 0) is 6.07 Å². The normalized spacial score (nSPS) is 14.7. The Hall–Kier alpha value is -1.46. The monoisotopic (exact) mass is 243 g/mol. The van der Waals surface area contributed by atoms with Crippen molar-refractivity contribution in [3.63, 3.8) is 0 Å². The molecule has 0 amide bonds. The van der Waals surface area contributed by atoms with Crippen molar-refractivity contribution in [2.45, 2.75) is 6.04 Å². The van der Waals surface area contributed by atoms with E-state index in [9.17, 15) is 4.79 Å². The molecule has 1 aromatic carbocycles. The van der Waals surface area contributed by atoms with Gasteiger partial charge >= 0.3 is 5.97 Å². The zero-order valence-electron chi connectivity index (χ0n) is 8.53. The summed E-state index contributed by atoms with van der Waals surface area (Å²) in [4.78, 5) is 11.3. The summed E-state index contributed by atoms with van der Waals surface area (Å²) < 4.78 is 14.9. The molecule has 0 unspecified atom stereocenters. The molecule has 0 fully saturated rings. The molecule has 0 saturated heterocycles. The molecule has 0 aliphatic carbocycles. The van der Waals surface area contributed by atoms with Crippen LogP contribution < -0.4 is 15.2 Å². The van der Waals surface area contributed by atoms with Gasteiger partial charge in [-0.15, -0.1) is 0 Å². The Bertz CT molecular complexity index is 435. The molecule has 86 valence electrons. The minimum Gasteiger partial charge on any atom is -0.468 e. The lowest BCUT2D eigenvalue weighted by molar-refractivity contribution is -0.142. The van der Waals surface area contributed by atoms with Crippen molar-refractivity contribution in [1.82, 2.24) is 0 Å². The van der Waals surface area contributed by atoms with Gasteiger partial charge in [-0.2, -0.15) is 0 Å². The summed E-state index contributed by atoms with van der Waals surface area (Å²) in [6.45, 7) is 0.141. The Kier molecular flexibility index (Phi) is 2.89. The van der Waals surface area contributed by atoms with E-state index in [1.807, 2.05) is 0 Å². The van der Waals surface area contributed by atoms with Gasteiger partial charge in [-0.3, -0.25) is 4.79 Å². The summed E-state index contributed by atoms with van der Waals surface area (Å²) in [6.07, 6.45) is 0. The molecular formula is C10H10ClNO4. The molecule has 0 radical (unpaired) electrons. The summed E-state index contributed by atoms with van der Waals surface area (Å²) in [5.74, 6) is 0.519. The van der Waals surface area contributed by atoms with E-state index in [0.717, 1.165) is 0 Å². The van der Waals surface area contributed by atoms with Crippen LogP contribution in [0.2, 0.25) is 5.02 Å². The number of carbonyl (C=O) groups is 1. The highest BCUT2D eigenvalue weighted by Crippen LogP contribution is 2.38. The Balaban J connectivity index is 2.38. The van der Waals surface area contributed by atoms with Crippen LogP contribution in [-0.4, -0.2) is 19.9 Å². The molecule has 0 bridgehead atoms. The molecule has 2 rings (SSSR count). The fraction of sp³-hybridized carbons (Fsp3) is 0.300. The Labute approximate surface area is 97.0 Å². The van der Waals surface area contributed by atoms with Crippen molar-refractivity contribution in [3.05, 3.63) is 22.7 Å². The van der Waals surface area contributed by atoms with Crippen LogP contribution in [0.5, 0.6) is 11.5 Å². The maximum Gasteiger partial charge on any atom is 0.327 e. The van der Waals surface area contributed by atoms with Gasteiger partial charge in [0.15, 0.2) is 11.5 Å². The second-order valence-corrected chi connectivity index (χ2v) is 3.64. The van der Waals surface area contributed by atoms with Crippen LogP contribution in [0.3, 0.4) is 0 Å². The van der Waals surface area contributed by atoms with Crippen LogP contribution in [0.25, 0.3) is 0 Å². The molecule has 2 N–H and O–H groups in total. The van der Waals surface area contributed by atoms with Crippen molar-refractivity contribution in [2.75, 3.05) is 13.9 Å². The summed E-state index contributed by atoms with van der Waals surface area (Å²) in [5.41, 5.74) is 6.14. The molecular weight excluding hydrogens is 234 g/mol. The molecule has 1 heterocycles. The third-order valence-electron chi connectivity index (χ3n) is 2.28. The van der Waals surface area contributed by atoms with Gasteiger partial charge in [-0.1, -0.05) is 11.6 Å². The largest absolute Gasteiger partial charge is 0.468 e. The molecule has 16 heavy (non-hydrogen) atoms. The lowest BCUT2D eigenvalue weighted by Gasteiger charge is -2.11. The summed E-state index contributed by atoms with van der Waals surface area (Å²) in [5, 5.41) is 0.349. The number of ether oxygens (including phenoxy) is 3. The number of hydrogen-bond acceptors (Lipinski definition) is 5. The number of benzene rings is 1. The summed E-state index contributed by atoms with van der Waals surface area (Å²) in [6, 6.07) is 2.24. The van der Waals surface area contributed by atoms with Gasteiger partial charge in [-0.25, -0.2) is 0 Å². The molecule has 0 aromatic heterocycles. The minimum absolute atomic E-state index is 0.141. The minimum atomic E-state index is -0.924. The fourth-order valence-corrected chi connectivity index (χ4v) is 1.70. The number of carbonyl (C=O) groups excluding carboxylic acids is 1. The lowest BCUT2D eigenvalue weighted by Crippen LogP contribution is -2.22. The van der Waals surface area contributed by atoms with E-state index in [4.69, 9.17) is 26.8 Å². The van der Waals surface area contributed by atoms with Crippen molar-refractivity contribution < 1.29 is 19.0 Å². The second-order valence-electron chi connectivity index (χ2n) is 3.23. The van der Waals surface area contributed by atoms with E-state index >= 15 is 0 Å². The van der Waals surface area contributed by atoms with E-state index in [0.29, 0.717) is 22.1 Å². The van der Waals surface area contributed by atoms with Crippen molar-refractivity contribution in [2.24, 2.45) is 5.73 Å². The number of rotatable bonds is 2. The van der Waals surface area contributed by atoms with Gasteiger partial charge in [0.2, 0.25) is 6.79 Å². The first-order valence-electron chi connectivity index (χ1n) is 4.56. The average Bonchev–Trinajstić information content (AvgIpc) is 2.72. The van der Waals surface area contributed by atoms with Crippen LogP contribution in [0.4, 0.5) is 0 Å². The topological polar surface area (TPSA) is 70.8 Å². The molecule has 0 spiro atoms. The first-order valence-corrected chi connectivity index (χ1v) is 4.93. The van der Waals surface area contributed by atoms with Gasteiger partial charge in [0.1, 0.15) is 6.04 Å². The lowest BCUT2D eigenvalue weighted by atomic mass is 10.1. The highest BCUT2D eigenvalue weighted by atomic mass is 35.5. The third-order valence-corrected chi connectivity index (χ3v) is 2.61. The van der Waals surface area contributed by atoms with Gasteiger partial charge in [0.25, 0.3) is 0 Å². The van der Waals surface area contributed by atoms with Crippen LogP contribution in [0.1, 0.15) is 11.6 Å². The quantitative estimate of drug-likeness (QED) is 0.792. The van der Waals surface area contributed by atoms with E-state index in [-0.39, 0.29) is 6.79 Å². The fourth-order valence-electron chi connectivity index (χ4n) is 1.43. The summed E-state index contributed by atoms with van der Waals surface area (Å²) in [7, 11) is 1.27. The first kappa shape index (κ1) is 11.0. The Morgan fingerprint density at radius 3 is 2.75 bits per heavy atom. The molecule has 1 atom stereocenters. The van der Waals surface area contributed by atoms with Crippen LogP contribution >= 0.6 is 11.6 Å². The van der Waals surface area contributed by atoms with Gasteiger partial charge < -0.3 is 19.9 Å². The van der Waals surface area contributed by atoms with Gasteiger partial charge in [0, 0.05) is 16.7 Å². The van der Waals surface area contributed by atoms with Crippen LogP contribution in [0.15, 0.2) is 12.1 Å². The average molecular weight is 244 g/mol. The van der Waals surface area contributed by atoms with Crippen molar-refractivity contribution in [1.29, 1.82) is 0 Å². The molecule has 5 nitrogen and oxygen atoms in total. The van der Waals surface area contributed by atoms with E-state index < -0.39 is 12.0 Å². The zero-order valence-corrected chi connectivity index (χ0v) is 9.28. The molecule has 1 aliphatic rings. The molecule has 6 heteroatoms. The molecule has 1 aliphatic heterocycles. The maximum absolute atomic E-state index is 11.3. The second kappa shape index (κ2) is 4.19. The third kappa shape index (κ3) is 1.79. The van der Waals surface area contributed by atoms with Crippen molar-refractivity contribution >= 4 is 17.6 Å². The van der Waals surface area contributed by atoms with Crippen LogP contribution in [0, 0.1) is 0 Å². The smallest absolute Gasteiger partial charge is 0.327 e. The zero-order chi connectivity index (χ0) is 11.7. The Morgan fingerprint density at radius 2 is 2.12 bits per heavy atom. The molecule has 0 saturated carbocycles. The van der Waals surface area contributed by atoms with E-state index in [2.05, 4.69) is 4.74 Å². The van der Waals surface area contributed by atoms with Gasteiger partial charge in [0.05, 0.1) is 7.11 Å². The Morgan fingerprint density at radius 1 is 1.50 bits per heavy atom. The number of fused-ring (bicyclic) bond motifs is 1. The number of nitrogens with two attached hydrogens (primary N) is 1. The molecule has 1 aromatic rings. The predicted octanol–water partition coefficient (Wildman–Crippen LogP) is 1.24. The number of esters is 1. The van der Waals surface area contributed by atoms with E-state index in [1.54, 1.807) is 12.1 Å². The standard InChI is InChI=1S/C10H10ClNO4/c1-14-10(13)9(12)5-2-7-8(3-6(5)11)16-4-15-7/h2-3,9H,4,12H2,1H3/t9-/m1/s1. The highest BCUT2D eigenvalue weighted by Gasteiger charge is 2.24. The first-order chi connectivity index (χ1) is 7.63. The number of methoxy groups -OCH3 is 1. The number of halogens is 1. The highest BCUT2D eigenvalue weighted by molar-refractivity contribution is 6.31.